The van der Waals surface area contributed by atoms with Gasteiger partial charge in [0, 0.05) is 11.8 Å². The van der Waals surface area contributed by atoms with Crippen LogP contribution in [-0.2, 0) is 0 Å². The highest BCUT2D eigenvalue weighted by Gasteiger charge is 2.14. The molecule has 0 aliphatic carbocycles. The summed E-state index contributed by atoms with van der Waals surface area (Å²) < 4.78 is 1.07. The highest BCUT2D eigenvalue weighted by molar-refractivity contribution is 7.80. The molecule has 0 spiro atoms. The van der Waals surface area contributed by atoms with E-state index in [0.29, 0.717) is 16.8 Å². The normalized spacial score (nSPS) is 11.4. The summed E-state index contributed by atoms with van der Waals surface area (Å²) in [7, 11) is 0. The summed E-state index contributed by atoms with van der Waals surface area (Å²) in [4.78, 5) is 8.77. The lowest BCUT2D eigenvalue weighted by atomic mass is 10.1. The molecule has 0 aliphatic rings. The van der Waals surface area contributed by atoms with Crippen molar-refractivity contribution in [3.63, 3.8) is 0 Å². The van der Waals surface area contributed by atoms with Crippen LogP contribution in [0.1, 0.15) is 16.8 Å². The third-order valence-corrected chi connectivity index (χ3v) is 5.48. The molecule has 0 amide bonds. The molecule has 0 saturated heterocycles. The molecule has 4 rings (SSSR count). The van der Waals surface area contributed by atoms with Gasteiger partial charge in [-0.3, -0.25) is 15.8 Å². The number of fused-ring (bicyclic) bond motifs is 1. The lowest BCUT2D eigenvalue weighted by Gasteiger charge is -2.07. The number of thiocarbonyl (C=S) groups is 1. The SMILES string of the molecule is Cc1cc(C=NNC(=S)NN=Cc2ccccn2)c(O)c(-c2nc3ccccc3s2)c1. The minimum Gasteiger partial charge on any atom is -0.507 e. The monoisotopic (exact) mass is 446 g/mol. The first-order chi connectivity index (χ1) is 15.1. The molecule has 2 aromatic carbocycles. The van der Waals surface area contributed by atoms with Crippen LogP contribution in [0.2, 0.25) is 0 Å². The Kier molecular flexibility index (Phi) is 6.25. The summed E-state index contributed by atoms with van der Waals surface area (Å²) in [6.45, 7) is 1.96. The first-order valence-electron chi connectivity index (χ1n) is 9.33. The van der Waals surface area contributed by atoms with E-state index in [1.165, 1.54) is 17.6 Å². The van der Waals surface area contributed by atoms with E-state index in [9.17, 15) is 5.11 Å². The highest BCUT2D eigenvalue weighted by atomic mass is 32.1. The van der Waals surface area contributed by atoms with Gasteiger partial charge in [-0.05, 0) is 61.1 Å². The smallest absolute Gasteiger partial charge is 0.207 e. The molecule has 0 fully saturated rings. The van der Waals surface area contributed by atoms with Crippen LogP contribution < -0.4 is 10.9 Å². The Morgan fingerprint density at radius 3 is 2.61 bits per heavy atom. The van der Waals surface area contributed by atoms with Crippen molar-refractivity contribution in [3.05, 3.63) is 77.6 Å². The van der Waals surface area contributed by atoms with Crippen LogP contribution in [-0.4, -0.2) is 32.6 Å². The first-order valence-corrected chi connectivity index (χ1v) is 10.6. The second-order valence-electron chi connectivity index (χ2n) is 6.56. The quantitative estimate of drug-likeness (QED) is 0.242. The highest BCUT2D eigenvalue weighted by Crippen LogP contribution is 2.37. The number of aromatic nitrogens is 2. The third-order valence-electron chi connectivity index (χ3n) is 4.23. The largest absolute Gasteiger partial charge is 0.507 e. The van der Waals surface area contributed by atoms with E-state index in [2.05, 4.69) is 31.0 Å². The first kappa shape index (κ1) is 20.6. The third kappa shape index (κ3) is 5.08. The van der Waals surface area contributed by atoms with Crippen molar-refractivity contribution in [1.82, 2.24) is 20.8 Å². The minimum absolute atomic E-state index is 0.113. The number of rotatable bonds is 5. The van der Waals surface area contributed by atoms with Crippen molar-refractivity contribution in [1.29, 1.82) is 0 Å². The predicted octanol–water partition coefficient (Wildman–Crippen LogP) is 4.20. The van der Waals surface area contributed by atoms with Gasteiger partial charge in [0.1, 0.15) is 10.8 Å². The molecule has 154 valence electrons. The predicted molar refractivity (Wildman–Crippen MR) is 130 cm³/mol. The maximum Gasteiger partial charge on any atom is 0.207 e. The van der Waals surface area contributed by atoms with Crippen molar-refractivity contribution in [3.8, 4) is 16.3 Å². The number of pyridine rings is 1. The lowest BCUT2D eigenvalue weighted by Crippen LogP contribution is -2.28. The number of phenolic OH excluding ortho intramolecular Hbond substituents is 1. The van der Waals surface area contributed by atoms with Crippen LogP contribution in [0, 0.1) is 6.92 Å². The molecule has 3 N–H and O–H groups in total. The molecule has 31 heavy (non-hydrogen) atoms. The van der Waals surface area contributed by atoms with E-state index in [0.717, 1.165) is 20.8 Å². The topological polar surface area (TPSA) is 94.8 Å². The minimum atomic E-state index is 0.113. The summed E-state index contributed by atoms with van der Waals surface area (Å²) in [5.74, 6) is 0.113. The van der Waals surface area contributed by atoms with E-state index < -0.39 is 0 Å². The molecule has 7 nitrogen and oxygen atoms in total. The Bertz CT molecular complexity index is 1250. The Hall–Kier alpha value is -3.69. The molecule has 0 bridgehead atoms. The fourth-order valence-electron chi connectivity index (χ4n) is 2.85. The van der Waals surface area contributed by atoms with Crippen LogP contribution in [0.15, 0.2) is 71.0 Å². The number of hydrogen-bond donors (Lipinski definition) is 3. The maximum absolute atomic E-state index is 10.8. The van der Waals surface area contributed by atoms with E-state index >= 15 is 0 Å². The van der Waals surface area contributed by atoms with Gasteiger partial charge in [-0.2, -0.15) is 10.2 Å². The molecule has 9 heteroatoms. The molecule has 0 saturated carbocycles. The van der Waals surface area contributed by atoms with Gasteiger partial charge in [0.2, 0.25) is 5.11 Å². The number of para-hydroxylation sites is 1. The second-order valence-corrected chi connectivity index (χ2v) is 8.00. The maximum atomic E-state index is 10.8. The molecule has 4 aromatic rings. The van der Waals surface area contributed by atoms with Gasteiger partial charge in [-0.15, -0.1) is 11.3 Å². The number of nitrogens with zero attached hydrogens (tertiary/aromatic N) is 4. The van der Waals surface area contributed by atoms with Gasteiger partial charge in [-0.1, -0.05) is 18.2 Å². The Morgan fingerprint density at radius 2 is 1.84 bits per heavy atom. The van der Waals surface area contributed by atoms with Crippen molar-refractivity contribution in [2.24, 2.45) is 10.2 Å². The van der Waals surface area contributed by atoms with E-state index in [1.54, 1.807) is 12.4 Å². The summed E-state index contributed by atoms with van der Waals surface area (Å²) >= 11 is 6.68. The zero-order valence-corrected chi connectivity index (χ0v) is 18.1. The zero-order valence-electron chi connectivity index (χ0n) is 16.5. The van der Waals surface area contributed by atoms with Crippen molar-refractivity contribution in [2.45, 2.75) is 6.92 Å². The molecule has 0 unspecified atom stereocenters. The Balaban J connectivity index is 1.46. The fourth-order valence-corrected chi connectivity index (χ4v) is 3.94. The summed E-state index contributed by atoms with van der Waals surface area (Å²) in [5.41, 5.74) is 9.15. The van der Waals surface area contributed by atoms with Crippen LogP contribution >= 0.6 is 23.6 Å². The Labute approximate surface area is 188 Å². The molecule has 0 radical (unpaired) electrons. The van der Waals surface area contributed by atoms with Gasteiger partial charge in [0.25, 0.3) is 0 Å². The average molecular weight is 447 g/mol. The second kappa shape index (κ2) is 9.41. The van der Waals surface area contributed by atoms with Crippen molar-refractivity contribution >= 4 is 51.3 Å². The summed E-state index contributed by atoms with van der Waals surface area (Å²) in [6, 6.07) is 17.2. The van der Waals surface area contributed by atoms with E-state index in [-0.39, 0.29) is 10.9 Å². The standard InChI is InChI=1S/C22H18N6OS2/c1-14-10-15(12-24-27-22(30)28-25-13-16-6-4-5-9-23-16)20(29)17(11-14)21-26-18-7-2-3-8-19(18)31-21/h2-13,29H,1H3,(H2,27,28,30). The number of phenols is 1. The molecular weight excluding hydrogens is 428 g/mol. The van der Waals surface area contributed by atoms with Gasteiger partial charge in [0.15, 0.2) is 0 Å². The molecule has 0 aliphatic heterocycles. The number of aromatic hydroxyl groups is 1. The number of thiazole rings is 1. The van der Waals surface area contributed by atoms with Crippen molar-refractivity contribution in [2.75, 3.05) is 0 Å². The molecule has 0 atom stereocenters. The van der Waals surface area contributed by atoms with Gasteiger partial charge in [-0.25, -0.2) is 4.98 Å². The van der Waals surface area contributed by atoms with E-state index in [1.807, 2.05) is 61.5 Å². The average Bonchev–Trinajstić information content (AvgIpc) is 3.20. The number of hydrogen-bond acceptors (Lipinski definition) is 7. The molecule has 2 aromatic heterocycles. The van der Waals surface area contributed by atoms with Gasteiger partial charge in [0.05, 0.1) is 33.9 Å². The lowest BCUT2D eigenvalue weighted by molar-refractivity contribution is 0.476. The van der Waals surface area contributed by atoms with Gasteiger partial charge < -0.3 is 5.11 Å². The molecule has 2 heterocycles. The summed E-state index contributed by atoms with van der Waals surface area (Å²) in [6.07, 6.45) is 4.74. The number of aryl methyl sites for hydroxylation is 1. The number of hydrazone groups is 2. The van der Waals surface area contributed by atoms with Crippen LogP contribution in [0.5, 0.6) is 5.75 Å². The van der Waals surface area contributed by atoms with Crippen molar-refractivity contribution < 1.29 is 5.11 Å². The Morgan fingerprint density at radius 1 is 1.06 bits per heavy atom. The summed E-state index contributed by atoms with van der Waals surface area (Å²) in [5, 5.41) is 19.9. The number of nitrogens with one attached hydrogen (secondary N) is 2. The fraction of sp³-hybridized carbons (Fsp3) is 0.0455. The van der Waals surface area contributed by atoms with Crippen LogP contribution in [0.4, 0.5) is 0 Å². The van der Waals surface area contributed by atoms with Crippen LogP contribution in [0.3, 0.4) is 0 Å². The van der Waals surface area contributed by atoms with Gasteiger partial charge >= 0.3 is 0 Å². The zero-order chi connectivity index (χ0) is 21.6. The van der Waals surface area contributed by atoms with Crippen LogP contribution in [0.25, 0.3) is 20.8 Å². The molecular formula is C22H18N6OS2. The van der Waals surface area contributed by atoms with E-state index in [4.69, 9.17) is 12.2 Å². The number of benzene rings is 2.